The Bertz CT molecular complexity index is 376. The van der Waals surface area contributed by atoms with Crippen molar-refractivity contribution in [2.24, 2.45) is 5.73 Å². The predicted octanol–water partition coefficient (Wildman–Crippen LogP) is -1.35. The number of aliphatic carboxylic acids is 2. The molecule has 0 amide bonds. The summed E-state index contributed by atoms with van der Waals surface area (Å²) in [6.07, 6.45) is -1.89. The van der Waals surface area contributed by atoms with Crippen molar-refractivity contribution in [2.75, 3.05) is 6.54 Å². The van der Waals surface area contributed by atoms with Crippen molar-refractivity contribution in [1.82, 2.24) is 0 Å². The van der Waals surface area contributed by atoms with Gasteiger partial charge in [-0.2, -0.15) is 8.42 Å². The van der Waals surface area contributed by atoms with Crippen LogP contribution < -0.4 is 5.73 Å². The topological polar surface area (TPSA) is 155 Å². The molecule has 0 aliphatic heterocycles. The molecule has 0 aromatic carbocycles. The fourth-order valence-electron chi connectivity index (χ4n) is 1.36. The van der Waals surface area contributed by atoms with Crippen molar-refractivity contribution < 1.29 is 32.8 Å². The second-order valence-electron chi connectivity index (χ2n) is 3.65. The van der Waals surface area contributed by atoms with Crippen LogP contribution in [0, 0.1) is 0 Å². The summed E-state index contributed by atoms with van der Waals surface area (Å²) < 4.78 is 29.5. The Morgan fingerprint density at radius 3 is 1.56 bits per heavy atom. The summed E-state index contributed by atoms with van der Waals surface area (Å²) in [4.78, 5) is 20.8. The van der Waals surface area contributed by atoms with Crippen molar-refractivity contribution >= 4 is 51.6 Å². The van der Waals surface area contributed by atoms with E-state index in [2.05, 4.69) is 0 Å². The van der Waals surface area contributed by atoms with Gasteiger partial charge in [-0.05, 0) is 12.8 Å². The van der Waals surface area contributed by atoms with Crippen LogP contribution >= 0.6 is 0 Å². The van der Waals surface area contributed by atoms with Gasteiger partial charge < -0.3 is 15.9 Å². The summed E-state index contributed by atoms with van der Waals surface area (Å²) in [5.41, 5.74) is 5.24. The average Bonchev–Trinajstić information content (AvgIpc) is 2.15. The number of nitrogens with two attached hydrogens (primary N) is 1. The van der Waals surface area contributed by atoms with Crippen molar-refractivity contribution in [3.63, 3.8) is 0 Å². The molecular formula is C8H16NNaO7S. The van der Waals surface area contributed by atoms with Gasteiger partial charge in [-0.3, -0.25) is 14.1 Å². The first-order chi connectivity index (χ1) is 7.64. The van der Waals surface area contributed by atoms with Gasteiger partial charge in [-0.25, -0.2) is 0 Å². The van der Waals surface area contributed by atoms with Crippen LogP contribution in [0.25, 0.3) is 0 Å². The van der Waals surface area contributed by atoms with Crippen LogP contribution in [-0.2, 0) is 19.7 Å². The molecule has 0 radical (unpaired) electrons. The minimum absolute atomic E-state index is 0. The zero-order valence-corrected chi connectivity index (χ0v) is 9.81. The molecule has 0 fully saturated rings. The molecule has 0 rings (SSSR count). The van der Waals surface area contributed by atoms with E-state index < -0.39 is 59.0 Å². The average molecular weight is 293 g/mol. The number of hydrogen-bond donors (Lipinski definition) is 4. The molecule has 0 heterocycles. The fraction of sp³-hybridized carbons (Fsp3) is 0.750. The van der Waals surface area contributed by atoms with Crippen molar-refractivity contribution in [2.45, 2.75) is 30.4 Å². The van der Waals surface area contributed by atoms with E-state index in [-0.39, 0.29) is 29.6 Å². The molecule has 0 saturated heterocycles. The molecule has 5 N–H and O–H groups in total. The van der Waals surface area contributed by atoms with E-state index in [9.17, 15) is 18.0 Å². The van der Waals surface area contributed by atoms with Crippen molar-refractivity contribution in [3.8, 4) is 0 Å². The van der Waals surface area contributed by atoms with Crippen molar-refractivity contribution in [3.05, 3.63) is 0 Å². The Hall–Kier alpha value is -0.190. The molecular weight excluding hydrogens is 277 g/mol. The van der Waals surface area contributed by atoms with Gasteiger partial charge in [-0.15, -0.1) is 0 Å². The zero-order valence-electron chi connectivity index (χ0n) is 9.00. The van der Waals surface area contributed by atoms with Gasteiger partial charge in [0, 0.05) is 19.4 Å². The Kier molecular flexibility index (Phi) is 9.03. The van der Waals surface area contributed by atoms with Crippen LogP contribution in [0.4, 0.5) is 0 Å². The summed E-state index contributed by atoms with van der Waals surface area (Å²) in [5, 5.41) is 17.0. The van der Waals surface area contributed by atoms with E-state index in [1.807, 2.05) is 0 Å². The second-order valence-corrected chi connectivity index (χ2v) is 5.47. The van der Waals surface area contributed by atoms with Crippen LogP contribution in [0.5, 0.6) is 0 Å². The van der Waals surface area contributed by atoms with Crippen LogP contribution in [0.15, 0.2) is 0 Å². The molecule has 0 aliphatic carbocycles. The first kappa shape index (κ1) is 20.1. The number of carbonyl (C=O) groups is 2. The van der Waals surface area contributed by atoms with E-state index in [1.54, 1.807) is 0 Å². The third-order valence-corrected chi connectivity index (χ3v) is 4.18. The van der Waals surface area contributed by atoms with Gasteiger partial charge in [0.2, 0.25) is 0 Å². The predicted molar refractivity (Wildman–Crippen MR) is 64.2 cm³/mol. The Balaban J connectivity index is 0. The molecule has 0 unspecified atom stereocenters. The summed E-state index contributed by atoms with van der Waals surface area (Å²) in [6, 6.07) is 0. The van der Waals surface area contributed by atoms with Crippen LogP contribution in [0.2, 0.25) is 0 Å². The molecule has 0 saturated carbocycles. The number of rotatable bonds is 8. The van der Waals surface area contributed by atoms with Gasteiger partial charge in [0.15, 0.2) is 0 Å². The van der Waals surface area contributed by atoms with Crippen molar-refractivity contribution in [1.29, 1.82) is 0 Å². The van der Waals surface area contributed by atoms with Gasteiger partial charge in [-0.1, -0.05) is 0 Å². The normalized spacial score (nSPS) is 11.7. The molecule has 0 bridgehead atoms. The third kappa shape index (κ3) is 6.12. The molecule has 0 atom stereocenters. The molecule has 0 aromatic heterocycles. The third-order valence-electron chi connectivity index (χ3n) is 2.51. The SMILES string of the molecule is NCC(CCC(=O)O)(CCC(=O)O)S(=O)(=O)O.[NaH]. The first-order valence-corrected chi connectivity index (χ1v) is 6.19. The second kappa shape index (κ2) is 8.08. The molecule has 0 aromatic rings. The van der Waals surface area contributed by atoms with Gasteiger partial charge >= 0.3 is 41.5 Å². The van der Waals surface area contributed by atoms with E-state index in [1.165, 1.54) is 0 Å². The van der Waals surface area contributed by atoms with Crippen LogP contribution in [-0.4, -0.2) is 76.0 Å². The Morgan fingerprint density at radius 2 is 1.39 bits per heavy atom. The number of carboxylic acids is 2. The Labute approximate surface area is 127 Å². The van der Waals surface area contributed by atoms with E-state index in [0.717, 1.165) is 0 Å². The molecule has 102 valence electrons. The summed E-state index contributed by atoms with van der Waals surface area (Å²) in [5.74, 6) is -2.50. The van der Waals surface area contributed by atoms with Gasteiger partial charge in [0.25, 0.3) is 10.1 Å². The van der Waals surface area contributed by atoms with E-state index >= 15 is 0 Å². The number of carboxylic acid groups (broad SMARTS) is 2. The first-order valence-electron chi connectivity index (χ1n) is 4.75. The van der Waals surface area contributed by atoms with Gasteiger partial charge in [0.1, 0.15) is 4.75 Å². The molecule has 8 nitrogen and oxygen atoms in total. The zero-order chi connectivity index (χ0) is 13.7. The minimum atomic E-state index is -4.62. The molecule has 18 heavy (non-hydrogen) atoms. The maximum atomic E-state index is 11.2. The van der Waals surface area contributed by atoms with Crippen LogP contribution in [0.3, 0.4) is 0 Å². The maximum absolute atomic E-state index is 11.2. The van der Waals surface area contributed by atoms with E-state index in [0.29, 0.717) is 0 Å². The van der Waals surface area contributed by atoms with E-state index in [4.69, 9.17) is 20.5 Å². The monoisotopic (exact) mass is 293 g/mol. The fourth-order valence-corrected chi connectivity index (χ4v) is 2.29. The molecule has 0 aliphatic rings. The number of hydrogen-bond acceptors (Lipinski definition) is 5. The summed E-state index contributed by atoms with van der Waals surface area (Å²) in [7, 11) is -4.62. The van der Waals surface area contributed by atoms with Gasteiger partial charge in [0.05, 0.1) is 0 Å². The Morgan fingerprint density at radius 1 is 1.06 bits per heavy atom. The van der Waals surface area contributed by atoms with Crippen LogP contribution in [0.1, 0.15) is 25.7 Å². The molecule has 10 heteroatoms. The standard InChI is InChI=1S/C8H15NO7S.Na.H/c9-5-8(17(14,15)16,3-1-6(10)11)4-2-7(12)13;;/h1-5,9H2,(H,10,11)(H,12,13)(H,14,15,16);;. The summed E-state index contributed by atoms with van der Waals surface area (Å²) in [6.45, 7) is -0.535. The quantitative estimate of drug-likeness (QED) is 0.316. The summed E-state index contributed by atoms with van der Waals surface area (Å²) >= 11 is 0. The molecule has 0 spiro atoms.